The van der Waals surface area contributed by atoms with Crippen molar-refractivity contribution in [3.8, 4) is 0 Å². The van der Waals surface area contributed by atoms with E-state index in [2.05, 4.69) is 6.92 Å². The van der Waals surface area contributed by atoms with Gasteiger partial charge in [-0.2, -0.15) is 0 Å². The maximum atomic E-state index is 5.38. The van der Waals surface area contributed by atoms with Gasteiger partial charge in [0, 0.05) is 0 Å². The first-order valence-electron chi connectivity index (χ1n) is 8.35. The summed E-state index contributed by atoms with van der Waals surface area (Å²) in [5.41, 5.74) is 0. The van der Waals surface area contributed by atoms with Crippen molar-refractivity contribution in [2.75, 3.05) is 32.8 Å². The first-order valence-corrected chi connectivity index (χ1v) is 8.35. The third-order valence-corrected chi connectivity index (χ3v) is 4.08. The molecule has 1 aliphatic rings. The average Bonchev–Trinajstić information content (AvgIpc) is 2.42. The summed E-state index contributed by atoms with van der Waals surface area (Å²) in [6.45, 7) is 8.09. The van der Waals surface area contributed by atoms with E-state index in [1.54, 1.807) is 4.90 Å². The Morgan fingerprint density at radius 1 is 0.737 bits per heavy atom. The Hall–Kier alpha value is 0.210. The molecule has 0 unspecified atom stereocenters. The van der Waals surface area contributed by atoms with E-state index in [0.29, 0.717) is 0 Å². The van der Waals surface area contributed by atoms with Gasteiger partial charge in [0.15, 0.2) is 0 Å². The van der Waals surface area contributed by atoms with Crippen molar-refractivity contribution in [1.82, 2.24) is 0 Å². The zero-order chi connectivity index (χ0) is 12.9. The molecule has 0 bridgehead atoms. The van der Waals surface area contributed by atoms with Gasteiger partial charge in [0.2, 0.25) is 0 Å². The highest BCUT2D eigenvalue weighted by atomic mass is 35.5. The van der Waals surface area contributed by atoms with Crippen LogP contribution in [0.15, 0.2) is 0 Å². The first-order chi connectivity index (χ1) is 8.93. The van der Waals surface area contributed by atoms with Crippen molar-refractivity contribution in [1.29, 1.82) is 0 Å². The van der Waals surface area contributed by atoms with Crippen LogP contribution in [0.2, 0.25) is 0 Å². The van der Waals surface area contributed by atoms with Crippen LogP contribution in [0.3, 0.4) is 0 Å². The van der Waals surface area contributed by atoms with E-state index in [9.17, 15) is 0 Å². The second-order valence-corrected chi connectivity index (χ2v) is 5.79. The van der Waals surface area contributed by atoms with Crippen LogP contribution >= 0.6 is 0 Å². The summed E-state index contributed by atoms with van der Waals surface area (Å²) < 4.78 is 5.38. The Bertz CT molecular complexity index is 172. The number of hydrogen-bond acceptors (Lipinski definition) is 1. The molecule has 19 heavy (non-hydrogen) atoms. The van der Waals surface area contributed by atoms with Crippen molar-refractivity contribution in [3.05, 3.63) is 0 Å². The molecule has 0 atom stereocenters. The number of unbranched alkanes of at least 4 members (excludes halogenated alkanes) is 9. The van der Waals surface area contributed by atoms with Crippen LogP contribution in [0.25, 0.3) is 0 Å². The monoisotopic (exact) mass is 291 g/mol. The van der Waals surface area contributed by atoms with E-state index in [0.717, 1.165) is 13.2 Å². The molecule has 0 amide bonds. The molecule has 0 aromatic rings. The molecule has 0 radical (unpaired) electrons. The molecule has 2 nitrogen and oxygen atoms in total. The second kappa shape index (κ2) is 14.6. The molecule has 3 heteroatoms. The zero-order valence-electron chi connectivity index (χ0n) is 12.9. The van der Waals surface area contributed by atoms with Gasteiger partial charge in [0.25, 0.3) is 0 Å². The molecular weight excluding hydrogens is 258 g/mol. The normalized spacial score (nSPS) is 16.3. The van der Waals surface area contributed by atoms with Crippen LogP contribution in [0.4, 0.5) is 0 Å². The molecule has 0 spiro atoms. The molecule has 0 aliphatic carbocycles. The summed E-state index contributed by atoms with van der Waals surface area (Å²) in [5.74, 6) is 0. The number of ether oxygens (including phenoxy) is 1. The average molecular weight is 292 g/mol. The van der Waals surface area contributed by atoms with E-state index in [4.69, 9.17) is 4.74 Å². The quantitative estimate of drug-likeness (QED) is 0.522. The molecular formula is C16H34ClNO. The highest BCUT2D eigenvalue weighted by molar-refractivity contribution is 4.47. The first kappa shape index (κ1) is 19.2. The van der Waals surface area contributed by atoms with Gasteiger partial charge in [-0.1, -0.05) is 58.3 Å². The lowest BCUT2D eigenvalue weighted by Crippen LogP contribution is -3.14. The van der Waals surface area contributed by atoms with Crippen LogP contribution in [0, 0.1) is 0 Å². The molecule has 1 heterocycles. The van der Waals surface area contributed by atoms with Gasteiger partial charge >= 0.3 is 0 Å². The molecule has 1 fully saturated rings. The lowest BCUT2D eigenvalue weighted by Gasteiger charge is -2.23. The van der Waals surface area contributed by atoms with Crippen molar-refractivity contribution in [2.24, 2.45) is 0 Å². The number of morpholine rings is 1. The predicted octanol–water partition coefficient (Wildman–Crippen LogP) is -0.174. The SMILES string of the molecule is CCCCCCCCCCCC[NH+]1CCOCC1.[Cl-]. The third-order valence-electron chi connectivity index (χ3n) is 4.08. The zero-order valence-corrected chi connectivity index (χ0v) is 13.6. The Labute approximate surface area is 126 Å². The summed E-state index contributed by atoms with van der Waals surface area (Å²) in [7, 11) is 0. The van der Waals surface area contributed by atoms with Gasteiger partial charge in [-0.15, -0.1) is 0 Å². The van der Waals surface area contributed by atoms with Crippen molar-refractivity contribution in [2.45, 2.75) is 71.1 Å². The minimum atomic E-state index is 0. The van der Waals surface area contributed by atoms with Crippen molar-refractivity contribution < 1.29 is 22.0 Å². The van der Waals surface area contributed by atoms with E-state index in [1.807, 2.05) is 0 Å². The topological polar surface area (TPSA) is 13.7 Å². The highest BCUT2D eigenvalue weighted by Crippen LogP contribution is 2.09. The largest absolute Gasteiger partial charge is 1.00 e. The lowest BCUT2D eigenvalue weighted by atomic mass is 10.1. The van der Waals surface area contributed by atoms with E-state index in [1.165, 1.54) is 83.8 Å². The fourth-order valence-corrected chi connectivity index (χ4v) is 2.77. The number of rotatable bonds is 11. The number of hydrogen-bond donors (Lipinski definition) is 1. The van der Waals surface area contributed by atoms with Crippen LogP contribution in [0.1, 0.15) is 71.1 Å². The van der Waals surface area contributed by atoms with Gasteiger partial charge in [-0.25, -0.2) is 0 Å². The second-order valence-electron chi connectivity index (χ2n) is 5.79. The number of nitrogens with one attached hydrogen (secondary N) is 1. The summed E-state index contributed by atoms with van der Waals surface area (Å²) in [5, 5.41) is 0. The van der Waals surface area contributed by atoms with Crippen molar-refractivity contribution >= 4 is 0 Å². The van der Waals surface area contributed by atoms with E-state index < -0.39 is 0 Å². The molecule has 1 saturated heterocycles. The van der Waals surface area contributed by atoms with E-state index >= 15 is 0 Å². The molecule has 0 aromatic heterocycles. The lowest BCUT2D eigenvalue weighted by molar-refractivity contribution is -0.908. The highest BCUT2D eigenvalue weighted by Gasteiger charge is 2.12. The molecule has 116 valence electrons. The Balaban J connectivity index is 0.00000324. The fraction of sp³-hybridized carbons (Fsp3) is 1.00. The minimum Gasteiger partial charge on any atom is -1.00 e. The van der Waals surface area contributed by atoms with Gasteiger partial charge in [0.05, 0.1) is 19.8 Å². The molecule has 0 aromatic carbocycles. The number of halogens is 1. The Morgan fingerprint density at radius 3 is 1.74 bits per heavy atom. The molecule has 0 saturated carbocycles. The van der Waals surface area contributed by atoms with Gasteiger partial charge in [-0.05, 0) is 12.8 Å². The Morgan fingerprint density at radius 2 is 1.21 bits per heavy atom. The maximum Gasteiger partial charge on any atom is 0.101 e. The molecule has 1 aliphatic heterocycles. The smallest absolute Gasteiger partial charge is 0.101 e. The number of quaternary nitrogens is 1. The Kier molecular flexibility index (Phi) is 14.8. The van der Waals surface area contributed by atoms with Crippen LogP contribution in [0.5, 0.6) is 0 Å². The standard InChI is InChI=1S/C16H33NO.ClH/c1-2-3-4-5-6-7-8-9-10-11-12-17-13-15-18-16-14-17;/h2-16H2,1H3;1H. The fourth-order valence-electron chi connectivity index (χ4n) is 2.77. The van der Waals surface area contributed by atoms with E-state index in [-0.39, 0.29) is 12.4 Å². The summed E-state index contributed by atoms with van der Waals surface area (Å²) in [4.78, 5) is 1.76. The van der Waals surface area contributed by atoms with Crippen LogP contribution in [-0.2, 0) is 4.74 Å². The predicted molar refractivity (Wildman–Crippen MR) is 78.2 cm³/mol. The van der Waals surface area contributed by atoms with Crippen LogP contribution < -0.4 is 17.3 Å². The van der Waals surface area contributed by atoms with Gasteiger partial charge in [0.1, 0.15) is 13.1 Å². The third kappa shape index (κ3) is 11.7. The van der Waals surface area contributed by atoms with Gasteiger partial charge < -0.3 is 22.0 Å². The van der Waals surface area contributed by atoms with Crippen molar-refractivity contribution in [3.63, 3.8) is 0 Å². The molecule has 1 N–H and O–H groups in total. The maximum absolute atomic E-state index is 5.38. The summed E-state index contributed by atoms with van der Waals surface area (Å²) in [6.07, 6.45) is 14.4. The summed E-state index contributed by atoms with van der Waals surface area (Å²) in [6, 6.07) is 0. The van der Waals surface area contributed by atoms with Crippen LogP contribution in [-0.4, -0.2) is 32.8 Å². The van der Waals surface area contributed by atoms with Gasteiger partial charge in [-0.3, -0.25) is 0 Å². The summed E-state index contributed by atoms with van der Waals surface area (Å²) >= 11 is 0. The minimum absolute atomic E-state index is 0. The molecule has 1 rings (SSSR count).